The lowest BCUT2D eigenvalue weighted by atomic mass is 9.68. The number of ether oxygens (including phenoxy) is 1. The molecule has 2 aliphatic rings. The van der Waals surface area contributed by atoms with Crippen LogP contribution in [0.5, 0.6) is 5.75 Å². The number of methoxy groups -OCH3 is 1. The Morgan fingerprint density at radius 3 is 2.53 bits per heavy atom. The molecule has 1 saturated heterocycles. The monoisotopic (exact) mass is 539 g/mol. The van der Waals surface area contributed by atoms with Gasteiger partial charge in [-0.15, -0.1) is 0 Å². The minimum atomic E-state index is -1.05. The van der Waals surface area contributed by atoms with E-state index >= 15 is 0 Å². The van der Waals surface area contributed by atoms with E-state index in [2.05, 4.69) is 4.74 Å². The fourth-order valence-electron chi connectivity index (χ4n) is 5.61. The first-order valence-electron chi connectivity index (χ1n) is 12.4. The molecule has 38 heavy (non-hydrogen) atoms. The highest BCUT2D eigenvalue weighted by molar-refractivity contribution is 6.32. The second kappa shape index (κ2) is 11.5. The largest absolute Gasteiger partial charge is 0.508 e. The lowest BCUT2D eigenvalue weighted by molar-refractivity contribution is -0.137. The number of aliphatic hydroxyl groups excluding tert-OH is 2. The molecule has 0 aromatic heterocycles. The van der Waals surface area contributed by atoms with Gasteiger partial charge in [0.25, 0.3) is 0 Å². The van der Waals surface area contributed by atoms with E-state index in [1.54, 1.807) is 19.1 Å². The van der Waals surface area contributed by atoms with Crippen molar-refractivity contribution in [1.82, 2.24) is 4.90 Å². The number of rotatable bonds is 7. The average molecular weight is 540 g/mol. The first kappa shape index (κ1) is 27.6. The van der Waals surface area contributed by atoms with Crippen molar-refractivity contribution in [2.75, 3.05) is 13.7 Å². The molecule has 0 spiro atoms. The van der Waals surface area contributed by atoms with Crippen LogP contribution in [-0.4, -0.2) is 57.9 Å². The molecular weight excluding hydrogens is 510 g/mol. The number of amides is 3. The average Bonchev–Trinajstić information content (AvgIpc) is 3.15. The second-order valence-electron chi connectivity index (χ2n) is 9.64. The summed E-state index contributed by atoms with van der Waals surface area (Å²) in [5.41, 5.74) is 3.78. The van der Waals surface area contributed by atoms with E-state index in [9.17, 15) is 29.7 Å². The minimum Gasteiger partial charge on any atom is -0.508 e. The van der Waals surface area contributed by atoms with Crippen molar-refractivity contribution in [3.05, 3.63) is 75.8 Å². The number of phenolic OH excluding ortho intramolecular Hbond substituents is 1. The zero-order valence-electron chi connectivity index (χ0n) is 21.1. The summed E-state index contributed by atoms with van der Waals surface area (Å²) in [5.74, 6) is -3.83. The van der Waals surface area contributed by atoms with E-state index < -0.39 is 48.4 Å². The molecule has 8 nitrogen and oxygen atoms in total. The highest BCUT2D eigenvalue weighted by atomic mass is 35.5. The number of aromatic hydroxyl groups is 1. The highest BCUT2D eigenvalue weighted by Gasteiger charge is 2.56. The second-order valence-corrected chi connectivity index (χ2v) is 10.0. The van der Waals surface area contributed by atoms with Crippen molar-refractivity contribution < 1.29 is 34.4 Å². The van der Waals surface area contributed by atoms with Crippen LogP contribution in [0.2, 0.25) is 5.02 Å². The number of imide groups is 3. The number of nitrogens with zero attached hydrogens (tertiary/aromatic N) is 1. The fraction of sp³-hybridized carbons (Fsp3) is 0.345. The molecule has 9 heteroatoms. The van der Waals surface area contributed by atoms with Crippen LogP contribution in [0.4, 0.5) is 4.79 Å². The topological polar surface area (TPSA) is 124 Å². The molecule has 0 saturated carbocycles. The summed E-state index contributed by atoms with van der Waals surface area (Å²) in [6, 6.07) is 14.3. The quantitative estimate of drug-likeness (QED) is 0.270. The number of hydrogen-bond acceptors (Lipinski definition) is 7. The molecule has 4 atom stereocenters. The van der Waals surface area contributed by atoms with E-state index in [0.717, 1.165) is 23.8 Å². The molecule has 1 aliphatic heterocycles. The van der Waals surface area contributed by atoms with Gasteiger partial charge in [0, 0.05) is 5.92 Å². The molecule has 0 unspecified atom stereocenters. The SMILES string of the molecule is COC(=O)N1C(=O)[C@@H]2[C@@H](CC(C)=C([C@H](O)CC/C(=C/c3ccc(O)cc3Cl)c3ccccc3)[C@@H]2CO)C1=O. The van der Waals surface area contributed by atoms with Gasteiger partial charge in [-0.25, -0.2) is 4.79 Å². The molecule has 3 N–H and O–H groups in total. The third-order valence-corrected chi connectivity index (χ3v) is 7.71. The normalized spacial score (nSPS) is 22.5. The number of hydrogen-bond donors (Lipinski definition) is 3. The van der Waals surface area contributed by atoms with Gasteiger partial charge in [-0.05, 0) is 72.7 Å². The number of phenols is 1. The number of likely N-dealkylation sites (tertiary alicyclic amines) is 1. The number of carbonyl (C=O) groups excluding carboxylic acids is 3. The predicted octanol–water partition coefficient (Wildman–Crippen LogP) is 4.42. The number of benzene rings is 2. The smallest absolute Gasteiger partial charge is 0.423 e. The Morgan fingerprint density at radius 1 is 1.18 bits per heavy atom. The van der Waals surface area contributed by atoms with Gasteiger partial charge in [0.2, 0.25) is 11.8 Å². The zero-order valence-corrected chi connectivity index (χ0v) is 21.9. The maximum absolute atomic E-state index is 13.1. The van der Waals surface area contributed by atoms with E-state index in [1.165, 1.54) is 6.07 Å². The highest BCUT2D eigenvalue weighted by Crippen LogP contribution is 2.46. The Balaban J connectivity index is 1.61. The fourth-order valence-corrected chi connectivity index (χ4v) is 5.84. The number of fused-ring (bicyclic) bond motifs is 1. The third-order valence-electron chi connectivity index (χ3n) is 7.39. The number of carbonyl (C=O) groups is 3. The standard InChI is InChI=1S/C29H30ClNO7/c1-16-12-21-26(28(36)31(27(21)35)29(37)38-2)22(15-32)25(16)24(34)11-9-18(17-6-4-3-5-7-17)13-19-8-10-20(33)14-23(19)30/h3-8,10,13-14,21-22,24,26,32-34H,9,11-12,15H2,1-2H3/b18-13-/t21-,22+,24-,26-/m1/s1. The Kier molecular flexibility index (Phi) is 8.35. The molecule has 3 amide bonds. The summed E-state index contributed by atoms with van der Waals surface area (Å²) in [6.45, 7) is 1.32. The van der Waals surface area contributed by atoms with Crippen LogP contribution < -0.4 is 0 Å². The predicted molar refractivity (Wildman–Crippen MR) is 142 cm³/mol. The molecule has 1 fully saturated rings. The van der Waals surface area contributed by atoms with Crippen LogP contribution in [0, 0.1) is 17.8 Å². The number of halogens is 1. The lowest BCUT2D eigenvalue weighted by Crippen LogP contribution is -2.39. The maximum Gasteiger partial charge on any atom is 0.423 e. The summed E-state index contributed by atoms with van der Waals surface area (Å²) in [5, 5.41) is 31.7. The van der Waals surface area contributed by atoms with Gasteiger partial charge < -0.3 is 20.1 Å². The Hall–Kier alpha value is -3.46. The molecule has 0 radical (unpaired) electrons. The van der Waals surface area contributed by atoms with Gasteiger partial charge in [-0.2, -0.15) is 4.90 Å². The van der Waals surface area contributed by atoms with Crippen molar-refractivity contribution in [2.45, 2.75) is 32.3 Å². The van der Waals surface area contributed by atoms with Gasteiger partial charge in [0.1, 0.15) is 5.75 Å². The van der Waals surface area contributed by atoms with E-state index in [1.807, 2.05) is 36.4 Å². The minimum absolute atomic E-state index is 0.0580. The first-order chi connectivity index (χ1) is 18.2. The van der Waals surface area contributed by atoms with Gasteiger partial charge in [0.15, 0.2) is 0 Å². The first-order valence-corrected chi connectivity index (χ1v) is 12.7. The summed E-state index contributed by atoms with van der Waals surface area (Å²) in [6.07, 6.45) is 0.781. The zero-order chi connectivity index (χ0) is 27.6. The van der Waals surface area contributed by atoms with Gasteiger partial charge in [-0.3, -0.25) is 9.59 Å². The number of allylic oxidation sites excluding steroid dienone is 2. The van der Waals surface area contributed by atoms with Crippen LogP contribution in [0.1, 0.15) is 37.3 Å². The Morgan fingerprint density at radius 2 is 1.89 bits per heavy atom. The molecule has 0 bridgehead atoms. The molecular formula is C29H30ClNO7. The summed E-state index contributed by atoms with van der Waals surface area (Å²) in [4.78, 5) is 38.5. The van der Waals surface area contributed by atoms with E-state index in [-0.39, 0.29) is 18.6 Å². The summed E-state index contributed by atoms with van der Waals surface area (Å²) >= 11 is 6.34. The van der Waals surface area contributed by atoms with Crippen molar-refractivity contribution in [3.63, 3.8) is 0 Å². The van der Waals surface area contributed by atoms with Crippen LogP contribution >= 0.6 is 11.6 Å². The van der Waals surface area contributed by atoms with Crippen molar-refractivity contribution in [3.8, 4) is 5.75 Å². The van der Waals surface area contributed by atoms with Gasteiger partial charge in [-0.1, -0.05) is 47.5 Å². The van der Waals surface area contributed by atoms with Crippen molar-refractivity contribution in [1.29, 1.82) is 0 Å². The van der Waals surface area contributed by atoms with Crippen LogP contribution in [0.15, 0.2) is 59.7 Å². The number of aliphatic hydroxyl groups is 2. The Labute approximate surface area is 225 Å². The maximum atomic E-state index is 13.1. The van der Waals surface area contributed by atoms with Crippen molar-refractivity contribution in [2.24, 2.45) is 17.8 Å². The molecule has 1 aliphatic carbocycles. The molecule has 200 valence electrons. The molecule has 4 rings (SSSR count). The van der Waals surface area contributed by atoms with Crippen molar-refractivity contribution >= 4 is 41.2 Å². The summed E-state index contributed by atoms with van der Waals surface area (Å²) < 4.78 is 4.61. The van der Waals surface area contributed by atoms with Gasteiger partial charge >= 0.3 is 6.09 Å². The lowest BCUT2D eigenvalue weighted by Gasteiger charge is -2.35. The molecule has 1 heterocycles. The van der Waals surface area contributed by atoms with E-state index in [4.69, 9.17) is 11.6 Å². The molecule has 2 aromatic rings. The molecule has 2 aromatic carbocycles. The Bertz CT molecular complexity index is 1300. The van der Waals surface area contributed by atoms with Crippen LogP contribution in [0.25, 0.3) is 11.6 Å². The summed E-state index contributed by atoms with van der Waals surface area (Å²) in [7, 11) is 1.09. The third kappa shape index (κ3) is 5.25. The van der Waals surface area contributed by atoms with E-state index in [0.29, 0.717) is 27.5 Å². The van der Waals surface area contributed by atoms with Crippen LogP contribution in [0.3, 0.4) is 0 Å². The van der Waals surface area contributed by atoms with Crippen LogP contribution in [-0.2, 0) is 14.3 Å². The van der Waals surface area contributed by atoms with Gasteiger partial charge in [0.05, 0.1) is 36.7 Å².